The van der Waals surface area contributed by atoms with E-state index in [1.165, 1.54) is 36.4 Å². The summed E-state index contributed by atoms with van der Waals surface area (Å²) in [6.07, 6.45) is -0.388. The largest absolute Gasteiger partial charge is 0.480 e. The van der Waals surface area contributed by atoms with Crippen LogP contribution in [-0.4, -0.2) is 34.0 Å². The van der Waals surface area contributed by atoms with Crippen LogP contribution in [-0.2, 0) is 4.79 Å². The second-order valence-electron chi connectivity index (χ2n) is 5.14. The molecule has 8 heteroatoms. The summed E-state index contributed by atoms with van der Waals surface area (Å²) < 4.78 is 0. The molecule has 2 aromatic carbocycles. The number of ketones is 1. The van der Waals surface area contributed by atoms with E-state index in [2.05, 4.69) is 5.32 Å². The Hall–Kier alpha value is -2.57. The summed E-state index contributed by atoms with van der Waals surface area (Å²) >= 11 is 11.7. The Balaban J connectivity index is 2.22. The van der Waals surface area contributed by atoms with Crippen LogP contribution in [0.15, 0.2) is 42.5 Å². The van der Waals surface area contributed by atoms with E-state index in [4.69, 9.17) is 28.3 Å². The van der Waals surface area contributed by atoms with Crippen molar-refractivity contribution in [3.63, 3.8) is 0 Å². The Morgan fingerprint density at radius 3 is 2.28 bits per heavy atom. The Bertz CT molecular complexity index is 838. The molecule has 130 valence electrons. The fourth-order valence-electron chi connectivity index (χ4n) is 2.16. The van der Waals surface area contributed by atoms with Crippen LogP contribution in [0.4, 0.5) is 5.69 Å². The monoisotopic (exact) mass is 381 g/mol. The third-order valence-corrected chi connectivity index (χ3v) is 4.16. The summed E-state index contributed by atoms with van der Waals surface area (Å²) in [6.45, 7) is 0. The van der Waals surface area contributed by atoms with Crippen LogP contribution < -0.4 is 5.32 Å². The average Bonchev–Trinajstić information content (AvgIpc) is 2.56. The smallest absolute Gasteiger partial charge is 0.337 e. The molecule has 6 nitrogen and oxygen atoms in total. The van der Waals surface area contributed by atoms with Crippen LogP contribution in [0.2, 0.25) is 10.0 Å². The molecule has 1 unspecified atom stereocenters. The van der Waals surface area contributed by atoms with Gasteiger partial charge in [0.2, 0.25) is 0 Å². The number of carboxylic acid groups (broad SMARTS) is 2. The number of hydrogen-bond donors (Lipinski definition) is 3. The molecule has 0 fully saturated rings. The van der Waals surface area contributed by atoms with E-state index in [1.807, 2.05) is 0 Å². The normalized spacial score (nSPS) is 11.6. The zero-order chi connectivity index (χ0) is 18.6. The Labute approximate surface area is 153 Å². The molecule has 0 aliphatic rings. The van der Waals surface area contributed by atoms with Crippen molar-refractivity contribution in [2.24, 2.45) is 0 Å². The first-order valence-corrected chi connectivity index (χ1v) is 7.85. The molecule has 3 N–H and O–H groups in total. The number of carboxylic acids is 2. The molecule has 0 aliphatic heterocycles. The first-order chi connectivity index (χ1) is 11.8. The predicted octanol–water partition coefficient (Wildman–Crippen LogP) is 3.83. The molecule has 0 spiro atoms. The van der Waals surface area contributed by atoms with E-state index < -0.39 is 23.8 Å². The lowest BCUT2D eigenvalue weighted by atomic mass is 10.0. The first-order valence-electron chi connectivity index (χ1n) is 7.09. The summed E-state index contributed by atoms with van der Waals surface area (Å²) in [7, 11) is 0. The van der Waals surface area contributed by atoms with Gasteiger partial charge in [-0.1, -0.05) is 35.3 Å². The van der Waals surface area contributed by atoms with Gasteiger partial charge in [0.15, 0.2) is 5.78 Å². The van der Waals surface area contributed by atoms with E-state index in [1.54, 1.807) is 6.07 Å². The average molecular weight is 382 g/mol. The van der Waals surface area contributed by atoms with Gasteiger partial charge in [-0.3, -0.25) is 4.79 Å². The minimum absolute atomic E-state index is 0.0873. The number of para-hydroxylation sites is 1. The zero-order valence-electron chi connectivity index (χ0n) is 12.7. The fraction of sp³-hybridized carbons (Fsp3) is 0.118. The van der Waals surface area contributed by atoms with Crippen molar-refractivity contribution >= 4 is 46.6 Å². The SMILES string of the molecule is O=C(CC(Nc1ccccc1C(=O)O)C(=O)O)c1ccc(Cl)c(Cl)c1. The van der Waals surface area contributed by atoms with Gasteiger partial charge in [0.05, 0.1) is 15.6 Å². The van der Waals surface area contributed by atoms with Gasteiger partial charge in [-0.2, -0.15) is 0 Å². The summed E-state index contributed by atoms with van der Waals surface area (Å²) in [5, 5.41) is 21.6. The highest BCUT2D eigenvalue weighted by atomic mass is 35.5. The Kier molecular flexibility index (Phi) is 6.01. The summed E-state index contributed by atoms with van der Waals surface area (Å²) in [4.78, 5) is 35.0. The molecular formula is C17H13Cl2NO5. The number of nitrogens with one attached hydrogen (secondary N) is 1. The molecule has 2 aromatic rings. The number of benzene rings is 2. The van der Waals surface area contributed by atoms with Crippen molar-refractivity contribution in [1.82, 2.24) is 0 Å². The van der Waals surface area contributed by atoms with Gasteiger partial charge in [-0.05, 0) is 30.3 Å². The quantitative estimate of drug-likeness (QED) is 0.629. The lowest BCUT2D eigenvalue weighted by molar-refractivity contribution is -0.137. The number of Topliss-reactive ketones (excluding diaryl/α,β-unsaturated/α-hetero) is 1. The van der Waals surface area contributed by atoms with Gasteiger partial charge in [0.25, 0.3) is 0 Å². The van der Waals surface area contributed by atoms with Gasteiger partial charge in [0, 0.05) is 17.7 Å². The van der Waals surface area contributed by atoms with Crippen LogP contribution in [0, 0.1) is 0 Å². The predicted molar refractivity (Wildman–Crippen MR) is 93.9 cm³/mol. The third kappa shape index (κ3) is 4.71. The summed E-state index contributed by atoms with van der Waals surface area (Å²) in [5.74, 6) is -2.96. The van der Waals surface area contributed by atoms with Gasteiger partial charge < -0.3 is 15.5 Å². The van der Waals surface area contributed by atoms with E-state index in [9.17, 15) is 19.5 Å². The summed E-state index contributed by atoms with van der Waals surface area (Å²) in [6, 6.07) is 8.80. The number of carbonyl (C=O) groups excluding carboxylic acids is 1. The zero-order valence-corrected chi connectivity index (χ0v) is 14.2. The van der Waals surface area contributed by atoms with Crippen LogP contribution in [0.1, 0.15) is 27.1 Å². The van der Waals surface area contributed by atoms with Gasteiger partial charge >= 0.3 is 11.9 Å². The molecule has 1 atom stereocenters. The van der Waals surface area contributed by atoms with Crippen molar-refractivity contribution in [2.45, 2.75) is 12.5 Å². The molecule has 0 saturated carbocycles. The van der Waals surface area contributed by atoms with E-state index in [0.717, 1.165) is 0 Å². The third-order valence-electron chi connectivity index (χ3n) is 3.42. The maximum Gasteiger partial charge on any atom is 0.337 e. The van der Waals surface area contributed by atoms with Crippen LogP contribution in [0.3, 0.4) is 0 Å². The van der Waals surface area contributed by atoms with Crippen LogP contribution in [0.5, 0.6) is 0 Å². The lowest BCUT2D eigenvalue weighted by Gasteiger charge is -2.17. The first kappa shape index (κ1) is 18.8. The van der Waals surface area contributed by atoms with Crippen LogP contribution >= 0.6 is 23.2 Å². The van der Waals surface area contributed by atoms with Crippen LogP contribution in [0.25, 0.3) is 0 Å². The highest BCUT2D eigenvalue weighted by Crippen LogP contribution is 2.24. The molecule has 0 aromatic heterocycles. The number of anilines is 1. The molecule has 0 radical (unpaired) electrons. The number of halogens is 2. The molecular weight excluding hydrogens is 369 g/mol. The van der Waals surface area contributed by atoms with Crippen molar-refractivity contribution in [3.05, 3.63) is 63.6 Å². The number of aliphatic carboxylic acids is 1. The van der Waals surface area contributed by atoms with Gasteiger partial charge in [-0.25, -0.2) is 9.59 Å². The topological polar surface area (TPSA) is 104 Å². The van der Waals surface area contributed by atoms with E-state index in [0.29, 0.717) is 0 Å². The van der Waals surface area contributed by atoms with Gasteiger partial charge in [-0.15, -0.1) is 0 Å². The highest BCUT2D eigenvalue weighted by molar-refractivity contribution is 6.42. The van der Waals surface area contributed by atoms with Crippen molar-refractivity contribution < 1.29 is 24.6 Å². The fourth-order valence-corrected chi connectivity index (χ4v) is 2.45. The Morgan fingerprint density at radius 1 is 1.00 bits per heavy atom. The molecule has 0 saturated heterocycles. The molecule has 25 heavy (non-hydrogen) atoms. The number of rotatable bonds is 7. The second kappa shape index (κ2) is 8.00. The van der Waals surface area contributed by atoms with Gasteiger partial charge in [0.1, 0.15) is 6.04 Å². The van der Waals surface area contributed by atoms with Crippen molar-refractivity contribution in [1.29, 1.82) is 0 Å². The maximum absolute atomic E-state index is 12.3. The minimum Gasteiger partial charge on any atom is -0.480 e. The van der Waals surface area contributed by atoms with E-state index >= 15 is 0 Å². The van der Waals surface area contributed by atoms with Crippen molar-refractivity contribution in [3.8, 4) is 0 Å². The molecule has 0 amide bonds. The molecule has 2 rings (SSSR count). The molecule has 0 heterocycles. The standard InChI is InChI=1S/C17H13Cl2NO5/c18-11-6-5-9(7-12(11)19)15(21)8-14(17(24)25)20-13-4-2-1-3-10(13)16(22)23/h1-7,14,20H,8H2,(H,22,23)(H,24,25). The molecule has 0 aliphatic carbocycles. The maximum atomic E-state index is 12.3. The summed E-state index contributed by atoms with van der Waals surface area (Å²) in [5.41, 5.74) is 0.244. The minimum atomic E-state index is -1.30. The van der Waals surface area contributed by atoms with Crippen molar-refractivity contribution in [2.75, 3.05) is 5.32 Å². The number of hydrogen-bond acceptors (Lipinski definition) is 4. The number of carbonyl (C=O) groups is 3. The lowest BCUT2D eigenvalue weighted by Crippen LogP contribution is -2.32. The highest BCUT2D eigenvalue weighted by Gasteiger charge is 2.24. The molecule has 0 bridgehead atoms. The Morgan fingerprint density at radius 2 is 1.68 bits per heavy atom. The van der Waals surface area contributed by atoms with E-state index in [-0.39, 0.29) is 33.3 Å². The number of aromatic carboxylic acids is 1. The second-order valence-corrected chi connectivity index (χ2v) is 5.96.